The highest BCUT2D eigenvalue weighted by molar-refractivity contribution is 6.29. The van der Waals surface area contributed by atoms with E-state index in [1.54, 1.807) is 0 Å². The molecular formula is C19H17ClF4N2O. The number of hydrogen-bond acceptors (Lipinski definition) is 2. The lowest BCUT2D eigenvalue weighted by Crippen LogP contribution is -2.25. The maximum atomic E-state index is 14.3. The zero-order chi connectivity index (χ0) is 19.6. The maximum absolute atomic E-state index is 14.3. The molecule has 1 heterocycles. The fourth-order valence-corrected chi connectivity index (χ4v) is 3.40. The maximum Gasteiger partial charge on any atom is 0.248 e. The van der Waals surface area contributed by atoms with Gasteiger partial charge in [0.1, 0.15) is 17.5 Å². The molecule has 27 heavy (non-hydrogen) atoms. The molecule has 0 atom stereocenters. The summed E-state index contributed by atoms with van der Waals surface area (Å²) in [5, 5.41) is 2.58. The normalized spacial score (nSPS) is 16.9. The van der Waals surface area contributed by atoms with Gasteiger partial charge in [-0.2, -0.15) is 0 Å². The van der Waals surface area contributed by atoms with Crippen LogP contribution in [0.1, 0.15) is 37.3 Å². The van der Waals surface area contributed by atoms with Gasteiger partial charge in [-0.05, 0) is 37.1 Å². The zero-order valence-corrected chi connectivity index (χ0v) is 15.0. The fourth-order valence-electron chi connectivity index (χ4n) is 3.33. The molecule has 1 aliphatic rings. The monoisotopic (exact) mass is 400 g/mol. The molecule has 0 unspecified atom stereocenters. The highest BCUT2D eigenvalue weighted by Crippen LogP contribution is 2.44. The first-order chi connectivity index (χ1) is 12.8. The van der Waals surface area contributed by atoms with E-state index in [0.29, 0.717) is 5.69 Å². The van der Waals surface area contributed by atoms with Crippen molar-refractivity contribution in [2.24, 2.45) is 0 Å². The van der Waals surface area contributed by atoms with Crippen LogP contribution in [0.4, 0.5) is 23.2 Å². The number of amides is 1. The van der Waals surface area contributed by atoms with Crippen LogP contribution >= 0.6 is 11.6 Å². The van der Waals surface area contributed by atoms with Crippen molar-refractivity contribution in [3.63, 3.8) is 0 Å². The molecule has 2 aromatic rings. The van der Waals surface area contributed by atoms with Crippen LogP contribution in [0, 0.1) is 11.6 Å². The van der Waals surface area contributed by atoms with Crippen molar-refractivity contribution in [2.45, 2.75) is 37.5 Å². The second kappa shape index (κ2) is 7.84. The van der Waals surface area contributed by atoms with Crippen LogP contribution in [-0.4, -0.2) is 22.7 Å². The Balaban J connectivity index is 2.08. The third-order valence-corrected chi connectivity index (χ3v) is 4.93. The van der Waals surface area contributed by atoms with Crippen LogP contribution in [0.2, 0.25) is 0 Å². The first kappa shape index (κ1) is 19.6. The van der Waals surface area contributed by atoms with Crippen LogP contribution in [0.3, 0.4) is 0 Å². The van der Waals surface area contributed by atoms with E-state index in [2.05, 4.69) is 10.3 Å². The Hall–Kier alpha value is -2.15. The molecule has 1 aliphatic carbocycles. The second-order valence-corrected chi connectivity index (χ2v) is 6.82. The SMILES string of the molecule is O=C(CCl)Nc1c(-c2cc(F)ccc2F)ccnc1C1CCC(F)(F)CC1. The first-order valence-corrected chi connectivity index (χ1v) is 9.02. The molecule has 144 valence electrons. The van der Waals surface area contributed by atoms with Crippen LogP contribution in [0.25, 0.3) is 11.1 Å². The quantitative estimate of drug-likeness (QED) is 0.544. The number of carbonyl (C=O) groups excluding carboxylic acids is 1. The highest BCUT2D eigenvalue weighted by Gasteiger charge is 2.37. The van der Waals surface area contributed by atoms with E-state index in [0.717, 1.165) is 18.2 Å². The van der Waals surface area contributed by atoms with Gasteiger partial charge in [0.25, 0.3) is 0 Å². The van der Waals surface area contributed by atoms with Crippen LogP contribution in [0.5, 0.6) is 0 Å². The van der Waals surface area contributed by atoms with E-state index in [9.17, 15) is 22.4 Å². The summed E-state index contributed by atoms with van der Waals surface area (Å²) in [6.07, 6.45) is 1.18. The first-order valence-electron chi connectivity index (χ1n) is 8.48. The van der Waals surface area contributed by atoms with Crippen molar-refractivity contribution in [1.82, 2.24) is 4.98 Å². The number of pyridine rings is 1. The molecule has 0 spiro atoms. The van der Waals surface area contributed by atoms with Crippen LogP contribution in [0.15, 0.2) is 30.5 Å². The Kier molecular flexibility index (Phi) is 5.69. The summed E-state index contributed by atoms with van der Waals surface area (Å²) in [4.78, 5) is 16.2. The number of anilines is 1. The van der Waals surface area contributed by atoms with E-state index < -0.39 is 23.5 Å². The molecule has 1 saturated carbocycles. The summed E-state index contributed by atoms with van der Waals surface area (Å²) in [6.45, 7) is 0. The predicted molar refractivity (Wildman–Crippen MR) is 95.1 cm³/mol. The molecule has 1 fully saturated rings. The smallest absolute Gasteiger partial charge is 0.248 e. The molecule has 1 amide bonds. The fraction of sp³-hybridized carbons (Fsp3) is 0.368. The number of hydrogen-bond donors (Lipinski definition) is 1. The van der Waals surface area contributed by atoms with Crippen molar-refractivity contribution >= 4 is 23.2 Å². The molecule has 8 heteroatoms. The van der Waals surface area contributed by atoms with Crippen molar-refractivity contribution in [1.29, 1.82) is 0 Å². The average Bonchev–Trinajstić information content (AvgIpc) is 2.64. The molecule has 0 bridgehead atoms. The Morgan fingerprint density at radius 3 is 2.56 bits per heavy atom. The standard InChI is InChI=1S/C19H17ClF4N2O/c20-10-16(27)26-18-13(14-9-12(21)1-2-15(14)22)5-8-25-17(18)11-3-6-19(23,24)7-4-11/h1-2,5,8-9,11H,3-4,6-7,10H2,(H,26,27). The largest absolute Gasteiger partial charge is 0.323 e. The molecule has 0 aliphatic heterocycles. The van der Waals surface area contributed by atoms with Crippen LogP contribution < -0.4 is 5.32 Å². The third kappa shape index (κ3) is 4.40. The summed E-state index contributed by atoms with van der Waals surface area (Å²) >= 11 is 5.57. The number of aromatic nitrogens is 1. The van der Waals surface area contributed by atoms with Crippen LogP contribution in [-0.2, 0) is 4.79 Å². The van der Waals surface area contributed by atoms with Crippen molar-refractivity contribution in [3.8, 4) is 11.1 Å². The van der Waals surface area contributed by atoms with E-state index in [1.165, 1.54) is 12.3 Å². The number of alkyl halides is 3. The van der Waals surface area contributed by atoms with Gasteiger partial charge in [0, 0.05) is 36.1 Å². The lowest BCUT2D eigenvalue weighted by Gasteiger charge is -2.29. The predicted octanol–water partition coefficient (Wildman–Crippen LogP) is 5.50. The highest BCUT2D eigenvalue weighted by atomic mass is 35.5. The molecule has 1 N–H and O–H groups in total. The summed E-state index contributed by atoms with van der Waals surface area (Å²) < 4.78 is 55.0. The van der Waals surface area contributed by atoms with E-state index in [1.807, 2.05) is 0 Å². The van der Waals surface area contributed by atoms with Gasteiger partial charge in [-0.15, -0.1) is 11.6 Å². The van der Waals surface area contributed by atoms with Gasteiger partial charge in [-0.1, -0.05) is 0 Å². The Morgan fingerprint density at radius 1 is 1.19 bits per heavy atom. The Bertz CT molecular complexity index is 850. The molecular weight excluding hydrogens is 384 g/mol. The van der Waals surface area contributed by atoms with Crippen molar-refractivity contribution in [3.05, 3.63) is 47.8 Å². The lowest BCUT2D eigenvalue weighted by molar-refractivity contribution is -0.113. The number of rotatable bonds is 4. The number of halogens is 5. The molecule has 0 saturated heterocycles. The summed E-state index contributed by atoms with van der Waals surface area (Å²) in [5.74, 6) is -5.26. The number of nitrogens with zero attached hydrogens (tertiary/aromatic N) is 1. The van der Waals surface area contributed by atoms with Gasteiger partial charge >= 0.3 is 0 Å². The van der Waals surface area contributed by atoms with Gasteiger partial charge in [0.05, 0.1) is 11.4 Å². The second-order valence-electron chi connectivity index (χ2n) is 6.55. The minimum absolute atomic E-state index is 0.0512. The van der Waals surface area contributed by atoms with E-state index >= 15 is 0 Å². The Labute approximate surface area is 158 Å². The van der Waals surface area contributed by atoms with Gasteiger partial charge in [-0.3, -0.25) is 9.78 Å². The van der Waals surface area contributed by atoms with Gasteiger partial charge in [-0.25, -0.2) is 17.6 Å². The van der Waals surface area contributed by atoms with Crippen molar-refractivity contribution < 1.29 is 22.4 Å². The summed E-state index contributed by atoms with van der Waals surface area (Å²) in [6, 6.07) is 4.43. The number of benzene rings is 1. The molecule has 3 nitrogen and oxygen atoms in total. The molecule has 1 aromatic carbocycles. The van der Waals surface area contributed by atoms with Crippen molar-refractivity contribution in [2.75, 3.05) is 11.2 Å². The van der Waals surface area contributed by atoms with Gasteiger partial charge in [0.2, 0.25) is 11.8 Å². The topological polar surface area (TPSA) is 42.0 Å². The Morgan fingerprint density at radius 2 is 1.89 bits per heavy atom. The molecule has 3 rings (SSSR count). The number of carbonyl (C=O) groups is 1. The zero-order valence-electron chi connectivity index (χ0n) is 14.2. The third-order valence-electron chi connectivity index (χ3n) is 4.69. The lowest BCUT2D eigenvalue weighted by atomic mass is 9.83. The van der Waals surface area contributed by atoms with E-state index in [-0.39, 0.29) is 54.3 Å². The molecule has 0 radical (unpaired) electrons. The van der Waals surface area contributed by atoms with E-state index in [4.69, 9.17) is 11.6 Å². The number of nitrogens with one attached hydrogen (secondary N) is 1. The minimum atomic E-state index is -2.72. The molecule has 1 aromatic heterocycles. The van der Waals surface area contributed by atoms with Gasteiger partial charge in [0.15, 0.2) is 0 Å². The summed E-state index contributed by atoms with van der Waals surface area (Å²) in [7, 11) is 0. The van der Waals surface area contributed by atoms with Gasteiger partial charge < -0.3 is 5.32 Å². The summed E-state index contributed by atoms with van der Waals surface area (Å²) in [5.41, 5.74) is 0.741. The minimum Gasteiger partial charge on any atom is -0.323 e. The average molecular weight is 401 g/mol.